The van der Waals surface area contributed by atoms with Crippen molar-refractivity contribution in [3.8, 4) is 11.5 Å². The van der Waals surface area contributed by atoms with Gasteiger partial charge in [0.25, 0.3) is 0 Å². The molecule has 0 saturated carbocycles. The van der Waals surface area contributed by atoms with E-state index in [1.54, 1.807) is 48.4 Å². The third-order valence-electron chi connectivity index (χ3n) is 4.70. The number of methoxy groups -OCH3 is 1. The van der Waals surface area contributed by atoms with Crippen LogP contribution in [0, 0.1) is 0 Å². The van der Waals surface area contributed by atoms with Crippen LogP contribution in [0.5, 0.6) is 11.5 Å². The number of aldehydes is 1. The minimum Gasteiger partial charge on any atom is -0.497 e. The molecule has 29 heavy (non-hydrogen) atoms. The second kappa shape index (κ2) is 9.73. The van der Waals surface area contributed by atoms with Gasteiger partial charge in [-0.25, -0.2) is 4.79 Å². The number of rotatable bonds is 9. The SMILES string of the molecule is COc1ccc(CN2C(=O)CCN(c3ccc(OCCCC=O)cc3)C2=O)cc1. The van der Waals surface area contributed by atoms with E-state index in [9.17, 15) is 14.4 Å². The molecule has 1 aliphatic rings. The van der Waals surface area contributed by atoms with Crippen molar-refractivity contribution in [2.24, 2.45) is 0 Å². The Balaban J connectivity index is 1.66. The van der Waals surface area contributed by atoms with Gasteiger partial charge in [-0.15, -0.1) is 0 Å². The van der Waals surface area contributed by atoms with E-state index < -0.39 is 0 Å². The fourth-order valence-electron chi connectivity index (χ4n) is 3.08. The van der Waals surface area contributed by atoms with Gasteiger partial charge in [-0.05, 0) is 48.4 Å². The summed E-state index contributed by atoms with van der Waals surface area (Å²) in [4.78, 5) is 38.5. The van der Waals surface area contributed by atoms with Crippen LogP contribution in [0.3, 0.4) is 0 Å². The van der Waals surface area contributed by atoms with Gasteiger partial charge in [0.05, 0.1) is 20.3 Å². The molecule has 0 unspecified atom stereocenters. The number of nitrogens with zero attached hydrogens (tertiary/aromatic N) is 2. The molecule has 3 rings (SSSR count). The third-order valence-corrected chi connectivity index (χ3v) is 4.70. The molecule has 2 aromatic carbocycles. The molecule has 1 aliphatic heterocycles. The summed E-state index contributed by atoms with van der Waals surface area (Å²) in [5.74, 6) is 1.22. The van der Waals surface area contributed by atoms with Crippen LogP contribution >= 0.6 is 0 Å². The van der Waals surface area contributed by atoms with E-state index in [4.69, 9.17) is 9.47 Å². The lowest BCUT2D eigenvalue weighted by Crippen LogP contribution is -2.52. The van der Waals surface area contributed by atoms with Crippen LogP contribution in [-0.2, 0) is 16.1 Å². The molecule has 0 bridgehead atoms. The fourth-order valence-corrected chi connectivity index (χ4v) is 3.08. The van der Waals surface area contributed by atoms with Crippen LogP contribution < -0.4 is 14.4 Å². The van der Waals surface area contributed by atoms with Gasteiger partial charge in [-0.2, -0.15) is 0 Å². The Morgan fingerprint density at radius 1 is 1.00 bits per heavy atom. The number of hydrogen-bond donors (Lipinski definition) is 0. The first-order valence-electron chi connectivity index (χ1n) is 9.53. The molecule has 0 N–H and O–H groups in total. The summed E-state index contributed by atoms with van der Waals surface area (Å²) in [6.45, 7) is 1.03. The fraction of sp³-hybridized carbons (Fsp3) is 0.318. The van der Waals surface area contributed by atoms with E-state index in [-0.39, 0.29) is 24.9 Å². The number of carbonyl (C=O) groups excluding carboxylic acids is 3. The van der Waals surface area contributed by atoms with E-state index in [0.29, 0.717) is 37.4 Å². The molecule has 0 spiro atoms. The minimum atomic E-state index is -0.336. The first-order chi connectivity index (χ1) is 14.1. The van der Waals surface area contributed by atoms with Crippen LogP contribution in [0.15, 0.2) is 48.5 Å². The smallest absolute Gasteiger partial charge is 0.331 e. The second-order valence-corrected chi connectivity index (χ2v) is 6.66. The molecule has 7 nitrogen and oxygen atoms in total. The lowest BCUT2D eigenvalue weighted by Gasteiger charge is -2.34. The molecule has 3 amide bonds. The number of imide groups is 1. The van der Waals surface area contributed by atoms with Crippen molar-refractivity contribution in [3.05, 3.63) is 54.1 Å². The zero-order valence-electron chi connectivity index (χ0n) is 16.4. The van der Waals surface area contributed by atoms with Crippen molar-refractivity contribution in [1.82, 2.24) is 4.90 Å². The Labute approximate surface area is 169 Å². The predicted octanol–water partition coefficient (Wildman–Crippen LogP) is 3.41. The molecule has 1 heterocycles. The number of anilines is 1. The van der Waals surface area contributed by atoms with Gasteiger partial charge in [-0.1, -0.05) is 12.1 Å². The standard InChI is InChI=1S/C22H24N2O5/c1-28-19-8-4-17(5-9-19)16-24-21(26)12-13-23(22(24)27)18-6-10-20(11-7-18)29-15-3-2-14-25/h4-11,14H,2-3,12-13,15-16H2,1H3. The average molecular weight is 396 g/mol. The van der Waals surface area contributed by atoms with Crippen molar-refractivity contribution >= 4 is 23.9 Å². The first kappa shape index (κ1) is 20.4. The van der Waals surface area contributed by atoms with Crippen LogP contribution in [0.2, 0.25) is 0 Å². The van der Waals surface area contributed by atoms with Gasteiger partial charge < -0.3 is 14.3 Å². The highest BCUT2D eigenvalue weighted by Gasteiger charge is 2.32. The molecule has 1 saturated heterocycles. The third kappa shape index (κ3) is 5.13. The maximum atomic E-state index is 12.9. The van der Waals surface area contributed by atoms with Crippen molar-refractivity contribution in [3.63, 3.8) is 0 Å². The van der Waals surface area contributed by atoms with Crippen molar-refractivity contribution < 1.29 is 23.9 Å². The summed E-state index contributed by atoms with van der Waals surface area (Å²) in [6.07, 6.45) is 2.27. The monoisotopic (exact) mass is 396 g/mol. The number of urea groups is 1. The van der Waals surface area contributed by atoms with Gasteiger partial charge in [0.1, 0.15) is 17.8 Å². The number of amides is 3. The quantitative estimate of drug-likeness (QED) is 0.480. The lowest BCUT2D eigenvalue weighted by molar-refractivity contribution is -0.129. The van der Waals surface area contributed by atoms with E-state index in [0.717, 1.165) is 17.6 Å². The van der Waals surface area contributed by atoms with Crippen molar-refractivity contribution in [1.29, 1.82) is 0 Å². The predicted molar refractivity (Wildman–Crippen MR) is 108 cm³/mol. The van der Waals surface area contributed by atoms with Gasteiger partial charge in [0, 0.05) is 25.1 Å². The van der Waals surface area contributed by atoms with Gasteiger partial charge in [0.2, 0.25) is 5.91 Å². The van der Waals surface area contributed by atoms with E-state index in [1.807, 2.05) is 12.1 Å². The molecular formula is C22H24N2O5. The Kier molecular flexibility index (Phi) is 6.84. The summed E-state index contributed by atoms with van der Waals surface area (Å²) < 4.78 is 10.7. The molecule has 0 atom stereocenters. The van der Waals surface area contributed by atoms with E-state index in [1.165, 1.54) is 4.90 Å². The molecule has 2 aromatic rings. The Bertz CT molecular complexity index is 849. The van der Waals surface area contributed by atoms with E-state index in [2.05, 4.69) is 0 Å². The molecule has 1 fully saturated rings. The topological polar surface area (TPSA) is 76.2 Å². The number of hydrogen-bond acceptors (Lipinski definition) is 5. The molecule has 0 radical (unpaired) electrons. The Morgan fingerprint density at radius 2 is 1.69 bits per heavy atom. The number of ether oxygens (including phenoxy) is 2. The highest BCUT2D eigenvalue weighted by Crippen LogP contribution is 2.25. The van der Waals surface area contributed by atoms with Crippen molar-refractivity contribution in [2.75, 3.05) is 25.2 Å². The zero-order chi connectivity index (χ0) is 20.6. The molecule has 7 heteroatoms. The minimum absolute atomic E-state index is 0.183. The van der Waals surface area contributed by atoms with Crippen molar-refractivity contribution in [2.45, 2.75) is 25.8 Å². The average Bonchev–Trinajstić information content (AvgIpc) is 2.75. The number of benzene rings is 2. The van der Waals surface area contributed by atoms with Gasteiger partial charge in [-0.3, -0.25) is 14.6 Å². The highest BCUT2D eigenvalue weighted by atomic mass is 16.5. The summed E-state index contributed by atoms with van der Waals surface area (Å²) in [5.41, 5.74) is 1.57. The molecule has 0 aliphatic carbocycles. The van der Waals surface area contributed by atoms with Crippen LogP contribution in [-0.4, -0.2) is 43.4 Å². The number of unbranched alkanes of at least 4 members (excludes halogenated alkanes) is 1. The van der Waals surface area contributed by atoms with Crippen LogP contribution in [0.1, 0.15) is 24.8 Å². The Morgan fingerprint density at radius 3 is 2.34 bits per heavy atom. The van der Waals surface area contributed by atoms with Crippen LogP contribution in [0.4, 0.5) is 10.5 Å². The normalized spacial score (nSPS) is 14.1. The lowest BCUT2D eigenvalue weighted by atomic mass is 10.1. The Hall–Kier alpha value is -3.35. The van der Waals surface area contributed by atoms with Crippen LogP contribution in [0.25, 0.3) is 0 Å². The molecule has 152 valence electrons. The van der Waals surface area contributed by atoms with Gasteiger partial charge in [0.15, 0.2) is 0 Å². The molecule has 0 aromatic heterocycles. The summed E-state index contributed by atoms with van der Waals surface area (Å²) >= 11 is 0. The summed E-state index contributed by atoms with van der Waals surface area (Å²) in [7, 11) is 1.59. The molecular weight excluding hydrogens is 372 g/mol. The largest absolute Gasteiger partial charge is 0.497 e. The number of carbonyl (C=O) groups is 3. The van der Waals surface area contributed by atoms with E-state index >= 15 is 0 Å². The summed E-state index contributed by atoms with van der Waals surface area (Å²) in [6, 6.07) is 14.1. The second-order valence-electron chi connectivity index (χ2n) is 6.66. The summed E-state index contributed by atoms with van der Waals surface area (Å²) in [5, 5.41) is 0. The maximum absolute atomic E-state index is 12.9. The van der Waals surface area contributed by atoms with Gasteiger partial charge >= 0.3 is 6.03 Å². The first-order valence-corrected chi connectivity index (χ1v) is 9.53. The highest BCUT2D eigenvalue weighted by molar-refractivity contribution is 6.05. The zero-order valence-corrected chi connectivity index (χ0v) is 16.4. The maximum Gasteiger partial charge on any atom is 0.331 e.